The van der Waals surface area contributed by atoms with Crippen LogP contribution in [0.1, 0.15) is 60.3 Å². The van der Waals surface area contributed by atoms with Gasteiger partial charge in [-0.3, -0.25) is 4.79 Å². The number of hydrogen-bond acceptors (Lipinski definition) is 2. The number of carbonyl (C=O) groups is 1. The van der Waals surface area contributed by atoms with Crippen molar-refractivity contribution in [1.82, 2.24) is 0 Å². The maximum atomic E-state index is 12.7. The Hall–Kier alpha value is -1.15. The van der Waals surface area contributed by atoms with Gasteiger partial charge in [-0.05, 0) is 57.4 Å². The van der Waals surface area contributed by atoms with Crippen LogP contribution in [-0.4, -0.2) is 17.0 Å². The lowest BCUT2D eigenvalue weighted by Crippen LogP contribution is -2.31. The molecule has 0 aliphatic heterocycles. The monoisotopic (exact) mass is 302 g/mol. The number of rotatable bonds is 1. The summed E-state index contributed by atoms with van der Waals surface area (Å²) in [4.78, 5) is 12.7. The summed E-state index contributed by atoms with van der Waals surface area (Å²) in [6.45, 7) is 10.6. The van der Waals surface area contributed by atoms with E-state index in [1.807, 2.05) is 12.2 Å². The summed E-state index contributed by atoms with van der Waals surface area (Å²) in [6, 6.07) is 0. The van der Waals surface area contributed by atoms with Gasteiger partial charge in [0, 0.05) is 5.41 Å². The summed E-state index contributed by atoms with van der Waals surface area (Å²) in [5.74, 6) is 1.02. The van der Waals surface area contributed by atoms with Gasteiger partial charge in [0.15, 0.2) is 5.78 Å². The van der Waals surface area contributed by atoms with Crippen LogP contribution in [0.5, 0.6) is 0 Å². The largest absolute Gasteiger partial charge is 0.389 e. The molecule has 1 N–H and O–H groups in total. The first kappa shape index (κ1) is 17.2. The fourth-order valence-corrected chi connectivity index (χ4v) is 3.90. The molecule has 2 aliphatic carbocycles. The van der Waals surface area contributed by atoms with E-state index < -0.39 is 6.10 Å². The van der Waals surface area contributed by atoms with Crippen LogP contribution in [0, 0.1) is 17.3 Å². The molecule has 0 aromatic rings. The average Bonchev–Trinajstić information content (AvgIpc) is 2.65. The summed E-state index contributed by atoms with van der Waals surface area (Å²) in [5.41, 5.74) is 3.40. The van der Waals surface area contributed by atoms with Crippen molar-refractivity contribution < 1.29 is 9.90 Å². The first-order valence-corrected chi connectivity index (χ1v) is 8.51. The van der Waals surface area contributed by atoms with E-state index in [0.717, 1.165) is 19.3 Å². The van der Waals surface area contributed by atoms with E-state index in [1.165, 1.54) is 16.7 Å². The van der Waals surface area contributed by atoms with Crippen LogP contribution >= 0.6 is 0 Å². The smallest absolute Gasteiger partial charge is 0.162 e. The lowest BCUT2D eigenvalue weighted by atomic mass is 9.69. The minimum absolute atomic E-state index is 0.284. The van der Waals surface area contributed by atoms with Crippen molar-refractivity contribution in [2.75, 3.05) is 0 Å². The number of aliphatic hydroxyl groups excluding tert-OH is 1. The molecule has 0 aromatic heterocycles. The molecular formula is C20H30O2. The Labute approximate surface area is 135 Å². The topological polar surface area (TPSA) is 37.3 Å². The van der Waals surface area contributed by atoms with Crippen molar-refractivity contribution in [3.05, 3.63) is 34.9 Å². The molecule has 0 spiro atoms. The molecule has 3 atom stereocenters. The molecule has 2 aliphatic rings. The number of aliphatic hydroxyl groups is 1. The zero-order chi connectivity index (χ0) is 16.5. The minimum atomic E-state index is -0.405. The van der Waals surface area contributed by atoms with Gasteiger partial charge in [0.25, 0.3) is 0 Å². The van der Waals surface area contributed by atoms with Crippen LogP contribution < -0.4 is 0 Å². The highest BCUT2D eigenvalue weighted by molar-refractivity contribution is 5.98. The van der Waals surface area contributed by atoms with E-state index in [4.69, 9.17) is 0 Å². The van der Waals surface area contributed by atoms with Crippen molar-refractivity contribution in [2.24, 2.45) is 17.3 Å². The van der Waals surface area contributed by atoms with E-state index in [2.05, 4.69) is 40.7 Å². The zero-order valence-corrected chi connectivity index (χ0v) is 14.6. The lowest BCUT2D eigenvalue weighted by molar-refractivity contribution is -0.123. The molecule has 0 bridgehead atoms. The first-order chi connectivity index (χ1) is 10.2. The summed E-state index contributed by atoms with van der Waals surface area (Å²) >= 11 is 0. The van der Waals surface area contributed by atoms with Crippen LogP contribution in [0.25, 0.3) is 0 Å². The third-order valence-corrected chi connectivity index (χ3v) is 5.41. The second-order valence-corrected chi connectivity index (χ2v) is 7.71. The van der Waals surface area contributed by atoms with E-state index >= 15 is 0 Å². The standard InChI is InChI=1S/C20H30O2/c1-13(2)17-12-19(22)20(5)9-8-15(4)11-16(21)10-14(3)6-7-18(17)20/h8,10,12-13,16,18,21H,6-7,9,11H2,1-5H3/b14-10+,15-8+/t16-,18+,20+/m1/s1. The predicted molar refractivity (Wildman–Crippen MR) is 91.5 cm³/mol. The molecule has 0 saturated heterocycles. The fraction of sp³-hybridized carbons (Fsp3) is 0.650. The van der Waals surface area contributed by atoms with Crippen LogP contribution in [0.4, 0.5) is 0 Å². The third-order valence-electron chi connectivity index (χ3n) is 5.41. The van der Waals surface area contributed by atoms with Gasteiger partial charge in [0.2, 0.25) is 0 Å². The van der Waals surface area contributed by atoms with E-state index in [-0.39, 0.29) is 11.2 Å². The van der Waals surface area contributed by atoms with Gasteiger partial charge in [-0.2, -0.15) is 0 Å². The van der Waals surface area contributed by atoms with Crippen LogP contribution in [0.2, 0.25) is 0 Å². The maximum absolute atomic E-state index is 12.7. The first-order valence-electron chi connectivity index (χ1n) is 8.51. The van der Waals surface area contributed by atoms with Crippen LogP contribution in [0.15, 0.2) is 34.9 Å². The van der Waals surface area contributed by atoms with Gasteiger partial charge in [0.1, 0.15) is 0 Å². The van der Waals surface area contributed by atoms with Crippen molar-refractivity contribution in [3.63, 3.8) is 0 Å². The Balaban J connectivity index is 2.39. The summed E-state index contributed by atoms with van der Waals surface area (Å²) in [6.07, 6.45) is 9.05. The molecule has 22 heavy (non-hydrogen) atoms. The number of hydrogen-bond donors (Lipinski definition) is 1. The van der Waals surface area contributed by atoms with Gasteiger partial charge < -0.3 is 5.11 Å². The fourth-order valence-electron chi connectivity index (χ4n) is 3.90. The Morgan fingerprint density at radius 2 is 1.95 bits per heavy atom. The SMILES string of the molecule is C/C1=C\[C@@H](O)C/C(C)=C/C[C@]2(C)C(=O)C=C(C(C)C)[C@@H]2CC1. The van der Waals surface area contributed by atoms with E-state index in [1.54, 1.807) is 0 Å². The Kier molecular flexibility index (Phi) is 5.11. The molecule has 0 amide bonds. The van der Waals surface area contributed by atoms with Crippen LogP contribution in [-0.2, 0) is 4.79 Å². The van der Waals surface area contributed by atoms with Crippen molar-refractivity contribution in [1.29, 1.82) is 0 Å². The van der Waals surface area contributed by atoms with Crippen molar-refractivity contribution >= 4 is 5.78 Å². The van der Waals surface area contributed by atoms with E-state index in [0.29, 0.717) is 18.3 Å². The Bertz CT molecular complexity index is 536. The molecule has 0 unspecified atom stereocenters. The normalized spacial score (nSPS) is 38.5. The van der Waals surface area contributed by atoms with Crippen molar-refractivity contribution in [3.8, 4) is 0 Å². The highest BCUT2D eigenvalue weighted by atomic mass is 16.3. The van der Waals surface area contributed by atoms with Gasteiger partial charge >= 0.3 is 0 Å². The molecule has 2 heteroatoms. The third kappa shape index (κ3) is 3.43. The second-order valence-electron chi connectivity index (χ2n) is 7.71. The van der Waals surface area contributed by atoms with Gasteiger partial charge in [0.05, 0.1) is 6.10 Å². The van der Waals surface area contributed by atoms with E-state index in [9.17, 15) is 9.90 Å². The highest BCUT2D eigenvalue weighted by Crippen LogP contribution is 2.48. The summed E-state index contributed by atoms with van der Waals surface area (Å²) in [7, 11) is 0. The molecule has 2 rings (SSSR count). The molecule has 0 aromatic carbocycles. The predicted octanol–water partition coefficient (Wildman–Crippen LogP) is 4.60. The molecular weight excluding hydrogens is 272 g/mol. The lowest BCUT2D eigenvalue weighted by Gasteiger charge is -2.33. The van der Waals surface area contributed by atoms with Gasteiger partial charge in [-0.25, -0.2) is 0 Å². The minimum Gasteiger partial charge on any atom is -0.389 e. The summed E-state index contributed by atoms with van der Waals surface area (Å²) < 4.78 is 0. The molecule has 0 fully saturated rings. The second kappa shape index (κ2) is 6.54. The maximum Gasteiger partial charge on any atom is 0.162 e. The molecule has 0 heterocycles. The van der Waals surface area contributed by atoms with Gasteiger partial charge in [-0.15, -0.1) is 0 Å². The molecule has 0 radical (unpaired) electrons. The number of carbonyl (C=O) groups excluding carboxylic acids is 1. The molecule has 2 nitrogen and oxygen atoms in total. The highest BCUT2D eigenvalue weighted by Gasteiger charge is 2.46. The van der Waals surface area contributed by atoms with Crippen molar-refractivity contribution in [2.45, 2.75) is 66.4 Å². The Morgan fingerprint density at radius 3 is 2.59 bits per heavy atom. The quantitative estimate of drug-likeness (QED) is 0.719. The average molecular weight is 302 g/mol. The number of ketones is 1. The number of allylic oxidation sites excluding steroid dienone is 4. The molecule has 122 valence electrons. The zero-order valence-electron chi connectivity index (χ0n) is 14.6. The Morgan fingerprint density at radius 1 is 1.27 bits per heavy atom. The van der Waals surface area contributed by atoms with Crippen LogP contribution in [0.3, 0.4) is 0 Å². The number of fused-ring (bicyclic) bond motifs is 1. The van der Waals surface area contributed by atoms with Gasteiger partial charge in [-0.1, -0.05) is 49.6 Å². The summed E-state index contributed by atoms with van der Waals surface area (Å²) in [5, 5.41) is 10.1. The molecule has 0 saturated carbocycles.